The molecule has 0 aromatic heterocycles. The quantitative estimate of drug-likeness (QED) is 0.338. The summed E-state index contributed by atoms with van der Waals surface area (Å²) in [6.45, 7) is 13.0. The van der Waals surface area contributed by atoms with Crippen molar-refractivity contribution in [3.8, 4) is 17.2 Å². The van der Waals surface area contributed by atoms with E-state index in [1.165, 1.54) is 20.1 Å². The maximum Gasteiger partial charge on any atom is 0.330 e. The number of fused-ring (bicyclic) bond motifs is 2. The van der Waals surface area contributed by atoms with E-state index in [2.05, 4.69) is 0 Å². The fourth-order valence-electron chi connectivity index (χ4n) is 8.31. The average molecular weight is 593 g/mol. The van der Waals surface area contributed by atoms with Crippen LogP contribution >= 0.6 is 0 Å². The number of hydrogen-bond acceptors (Lipinski definition) is 8. The zero-order chi connectivity index (χ0) is 31.4. The molecule has 43 heavy (non-hydrogen) atoms. The molecule has 4 unspecified atom stereocenters. The lowest BCUT2D eigenvalue weighted by atomic mass is 9.45. The number of ether oxygens (including phenoxy) is 4. The lowest BCUT2D eigenvalue weighted by molar-refractivity contribution is -0.224. The van der Waals surface area contributed by atoms with E-state index in [-0.39, 0.29) is 40.6 Å². The normalized spacial score (nSPS) is 34.1. The minimum atomic E-state index is -1.65. The largest absolute Gasteiger partial charge is 0.506 e. The molecule has 1 aromatic carbocycles. The van der Waals surface area contributed by atoms with Crippen molar-refractivity contribution in [3.63, 3.8) is 0 Å². The summed E-state index contributed by atoms with van der Waals surface area (Å²) in [6.07, 6.45) is 6.97. The number of allylic oxidation sites excluding steroid dienone is 2. The summed E-state index contributed by atoms with van der Waals surface area (Å²) in [4.78, 5) is 41.2. The fourth-order valence-corrected chi connectivity index (χ4v) is 8.31. The van der Waals surface area contributed by atoms with Gasteiger partial charge < -0.3 is 29.2 Å². The Kier molecular flexibility index (Phi) is 6.40. The first-order valence-electron chi connectivity index (χ1n) is 14.9. The van der Waals surface area contributed by atoms with Crippen LogP contribution in [0.5, 0.6) is 17.2 Å². The lowest BCUT2D eigenvalue weighted by Crippen LogP contribution is -2.80. The molecule has 1 spiro atoms. The number of rotatable bonds is 6. The predicted molar refractivity (Wildman–Crippen MR) is 157 cm³/mol. The predicted octanol–water partition coefficient (Wildman–Crippen LogP) is 5.22. The van der Waals surface area contributed by atoms with E-state index in [1.807, 2.05) is 53.7 Å². The van der Waals surface area contributed by atoms with Crippen LogP contribution in [-0.2, 0) is 25.5 Å². The highest BCUT2D eigenvalue weighted by molar-refractivity contribution is 6.10. The number of ketones is 2. The van der Waals surface area contributed by atoms with Gasteiger partial charge in [0.05, 0.1) is 23.2 Å². The molecule has 1 aromatic rings. The Morgan fingerprint density at radius 2 is 1.79 bits per heavy atom. The average Bonchev–Trinajstić information content (AvgIpc) is 3.06. The second-order valence-electron chi connectivity index (χ2n) is 13.9. The number of carboxylic acid groups (broad SMARTS) is 1. The molecule has 3 aliphatic heterocycles. The second-order valence-corrected chi connectivity index (χ2v) is 13.9. The van der Waals surface area contributed by atoms with Gasteiger partial charge in [0, 0.05) is 36.5 Å². The van der Waals surface area contributed by atoms with Crippen LogP contribution in [0.15, 0.2) is 29.4 Å². The van der Waals surface area contributed by atoms with Crippen molar-refractivity contribution in [1.82, 2.24) is 0 Å². The summed E-state index contributed by atoms with van der Waals surface area (Å²) in [7, 11) is 1.48. The number of phenols is 1. The highest BCUT2D eigenvalue weighted by Crippen LogP contribution is 2.70. The van der Waals surface area contributed by atoms with Crippen LogP contribution in [0.1, 0.15) is 82.8 Å². The molecule has 4 fully saturated rings. The molecule has 2 N–H and O–H groups in total. The molecule has 3 aliphatic carbocycles. The molecule has 9 nitrogen and oxygen atoms in total. The smallest absolute Gasteiger partial charge is 0.330 e. The zero-order valence-electron chi connectivity index (χ0n) is 26.0. The van der Waals surface area contributed by atoms with Gasteiger partial charge in [-0.2, -0.15) is 0 Å². The molecule has 3 saturated carbocycles. The summed E-state index contributed by atoms with van der Waals surface area (Å²) in [5, 5.41) is 21.3. The van der Waals surface area contributed by atoms with E-state index in [0.717, 1.165) is 5.57 Å². The van der Waals surface area contributed by atoms with Crippen LogP contribution in [0.2, 0.25) is 0 Å². The van der Waals surface area contributed by atoms with Crippen molar-refractivity contribution < 1.29 is 43.5 Å². The standard InChI is InChI=1S/C34H40O9/c1-16(2)9-10-19-26-18(12-13-31(4,5)41-26)24(35)22-25(36)23-28(40-8)20-15-21-32(6,7)43-33(29(20)37,14-11-17(3)30(38)39)34(21,23)42-27(19)22/h9,11-13,20-21,23,28,35H,10,14-15H2,1-8H3,(H,38,39)/b17-11+/t20-,21?,23?,28?,33?,34-/m0/s1. The minimum Gasteiger partial charge on any atom is -0.506 e. The minimum absolute atomic E-state index is 0.0474. The Morgan fingerprint density at radius 1 is 1.09 bits per heavy atom. The number of aliphatic carboxylic acids is 1. The number of carboxylic acids is 1. The Morgan fingerprint density at radius 3 is 2.42 bits per heavy atom. The third-order valence-corrected chi connectivity index (χ3v) is 10.2. The molecule has 7 rings (SSSR count). The van der Waals surface area contributed by atoms with Crippen LogP contribution in [-0.4, -0.2) is 63.4 Å². The van der Waals surface area contributed by atoms with Gasteiger partial charge in [-0.3, -0.25) is 9.59 Å². The molecular formula is C34H40O9. The Hall–Kier alpha value is -3.43. The van der Waals surface area contributed by atoms with Gasteiger partial charge in [0.1, 0.15) is 28.4 Å². The van der Waals surface area contributed by atoms with E-state index < -0.39 is 52.2 Å². The molecular weight excluding hydrogens is 552 g/mol. The summed E-state index contributed by atoms with van der Waals surface area (Å²) in [5.41, 5.74) is -2.57. The van der Waals surface area contributed by atoms with E-state index in [0.29, 0.717) is 29.7 Å². The van der Waals surface area contributed by atoms with E-state index in [9.17, 15) is 24.6 Å². The second kappa shape index (κ2) is 9.29. The van der Waals surface area contributed by atoms with Gasteiger partial charge in [-0.1, -0.05) is 17.7 Å². The van der Waals surface area contributed by atoms with Crippen molar-refractivity contribution in [2.24, 2.45) is 17.8 Å². The first kappa shape index (κ1) is 29.6. The third kappa shape index (κ3) is 3.80. The summed E-state index contributed by atoms with van der Waals surface area (Å²) in [6, 6.07) is 0. The van der Waals surface area contributed by atoms with Crippen LogP contribution in [0.25, 0.3) is 6.08 Å². The number of benzene rings is 1. The number of hydrogen-bond donors (Lipinski definition) is 2. The molecule has 0 radical (unpaired) electrons. The highest BCUT2D eigenvalue weighted by Gasteiger charge is 2.85. The lowest BCUT2D eigenvalue weighted by Gasteiger charge is -2.62. The fraction of sp³-hybridized carbons (Fsp3) is 0.559. The Bertz CT molecular complexity index is 1560. The van der Waals surface area contributed by atoms with E-state index in [4.69, 9.17) is 18.9 Å². The molecule has 1 saturated heterocycles. The van der Waals surface area contributed by atoms with Crippen LogP contribution in [0.3, 0.4) is 0 Å². The van der Waals surface area contributed by atoms with Gasteiger partial charge in [-0.25, -0.2) is 4.79 Å². The Labute approximate surface area is 251 Å². The summed E-state index contributed by atoms with van der Waals surface area (Å²) < 4.78 is 26.2. The number of carbonyl (C=O) groups is 3. The highest BCUT2D eigenvalue weighted by atomic mass is 16.6. The number of Topliss-reactive ketones (excluding diaryl/α,β-unsaturated/α-hetero) is 2. The summed E-state index contributed by atoms with van der Waals surface area (Å²) >= 11 is 0. The maximum atomic E-state index is 14.9. The first-order chi connectivity index (χ1) is 20.0. The van der Waals surface area contributed by atoms with Gasteiger partial charge in [0.2, 0.25) is 0 Å². The topological polar surface area (TPSA) is 129 Å². The van der Waals surface area contributed by atoms with Crippen molar-refractivity contribution in [3.05, 3.63) is 46.1 Å². The molecule has 4 bridgehead atoms. The van der Waals surface area contributed by atoms with Gasteiger partial charge >= 0.3 is 5.97 Å². The number of methoxy groups -OCH3 is 1. The van der Waals surface area contributed by atoms with Crippen molar-refractivity contribution in [2.45, 2.75) is 96.2 Å². The zero-order valence-corrected chi connectivity index (χ0v) is 26.0. The molecule has 6 aliphatic rings. The monoisotopic (exact) mass is 592 g/mol. The molecule has 0 amide bonds. The molecule has 9 heteroatoms. The van der Waals surface area contributed by atoms with Gasteiger partial charge in [0.25, 0.3) is 0 Å². The molecule has 230 valence electrons. The van der Waals surface area contributed by atoms with Crippen LogP contribution in [0.4, 0.5) is 0 Å². The molecule has 3 heterocycles. The van der Waals surface area contributed by atoms with Crippen molar-refractivity contribution >= 4 is 23.6 Å². The SMILES string of the molecule is COC1C2C(=O)c3c(O)c4c(c(CC=C(C)C)c3O[C@@]23C2C[C@@H]1C(=O)C3(C/C=C(\C)C(=O)O)OC2(C)C)OC(C)(C)C=C4. The van der Waals surface area contributed by atoms with Crippen molar-refractivity contribution in [1.29, 1.82) is 0 Å². The van der Waals surface area contributed by atoms with Crippen molar-refractivity contribution in [2.75, 3.05) is 7.11 Å². The third-order valence-electron chi connectivity index (χ3n) is 10.2. The number of aromatic hydroxyl groups is 1. The van der Waals surface area contributed by atoms with Gasteiger partial charge in [0.15, 0.2) is 22.8 Å². The summed E-state index contributed by atoms with van der Waals surface area (Å²) in [5.74, 6) is -3.41. The maximum absolute atomic E-state index is 14.9. The first-order valence-corrected chi connectivity index (χ1v) is 14.9. The number of phenolic OH excluding ortho intramolecular Hbond substituents is 1. The van der Waals surface area contributed by atoms with E-state index in [1.54, 1.807) is 6.08 Å². The van der Waals surface area contributed by atoms with Crippen LogP contribution < -0.4 is 9.47 Å². The van der Waals surface area contributed by atoms with Crippen LogP contribution in [0, 0.1) is 17.8 Å². The molecule has 6 atom stereocenters. The van der Waals surface area contributed by atoms with Gasteiger partial charge in [-0.15, -0.1) is 0 Å². The number of carbonyl (C=O) groups excluding carboxylic acids is 2. The Balaban J connectivity index is 1.68. The van der Waals surface area contributed by atoms with Gasteiger partial charge in [-0.05, 0) is 73.5 Å². The van der Waals surface area contributed by atoms with E-state index >= 15 is 0 Å².